The molecule has 2 fully saturated rings. The molecule has 10 nitrogen and oxygen atoms in total. The number of allylic oxidation sites excluding steroid dienone is 1. The van der Waals surface area contributed by atoms with E-state index in [4.69, 9.17) is 23.4 Å². The Kier molecular flexibility index (Phi) is 14.9. The van der Waals surface area contributed by atoms with Gasteiger partial charge < -0.3 is 33.6 Å². The van der Waals surface area contributed by atoms with Crippen LogP contribution in [0, 0.1) is 11.8 Å². The first-order chi connectivity index (χ1) is 33.5. The van der Waals surface area contributed by atoms with Gasteiger partial charge in [-0.1, -0.05) is 104 Å². The van der Waals surface area contributed by atoms with Crippen LogP contribution in [0.25, 0.3) is 11.0 Å². The number of carbonyl (C=O) groups is 2. The number of hydrogen-bond donors (Lipinski definition) is 2. The maximum absolute atomic E-state index is 15.2. The molecule has 5 aliphatic rings. The molecule has 0 saturated heterocycles. The third-order valence-corrected chi connectivity index (χ3v) is 16.0. The second kappa shape index (κ2) is 21.2. The van der Waals surface area contributed by atoms with Gasteiger partial charge in [0.15, 0.2) is 12.2 Å². The number of ether oxygens (including phenoxy) is 4. The van der Waals surface area contributed by atoms with Crippen LogP contribution < -0.4 is 10.4 Å². The highest BCUT2D eigenvalue weighted by Crippen LogP contribution is 2.53. The number of benzene rings is 4. The summed E-state index contributed by atoms with van der Waals surface area (Å²) in [5, 5.41) is 21.5. The number of carbonyl (C=O) groups excluding carboxylic acids is 2. The molecule has 0 radical (unpaired) electrons. The fourth-order valence-corrected chi connectivity index (χ4v) is 12.4. The molecule has 2 saturated carbocycles. The van der Waals surface area contributed by atoms with Gasteiger partial charge in [-0.3, -0.25) is 4.79 Å². The van der Waals surface area contributed by atoms with Gasteiger partial charge >= 0.3 is 17.6 Å². The van der Waals surface area contributed by atoms with Crippen molar-refractivity contribution >= 4 is 22.9 Å². The Morgan fingerprint density at radius 2 is 1.59 bits per heavy atom. The van der Waals surface area contributed by atoms with Gasteiger partial charge in [0.05, 0.1) is 18.8 Å². The molecule has 7 unspecified atom stereocenters. The number of methoxy groups -OCH3 is 1. The van der Waals surface area contributed by atoms with E-state index in [9.17, 15) is 19.8 Å². The van der Waals surface area contributed by atoms with Crippen molar-refractivity contribution in [2.24, 2.45) is 11.8 Å². The topological polar surface area (TPSA) is 142 Å². The molecule has 7 atom stereocenters. The van der Waals surface area contributed by atoms with Crippen LogP contribution >= 0.6 is 0 Å². The SMILES string of the molecule is COCC(CCO)c1c(CO)c2ccc3c(c2oc1=O)C1OC(=O)CC2CC(c4cccc(Cc5ccccc5)c4)CCC2c2ccc(cc2)CCC(=C(C)C)C(=O)OC1C(C)(C1CCCCC1)O3. The van der Waals surface area contributed by atoms with Crippen LogP contribution in [-0.2, 0) is 43.2 Å². The predicted octanol–water partition coefficient (Wildman–Crippen LogP) is 11.3. The van der Waals surface area contributed by atoms with Gasteiger partial charge in [-0.15, -0.1) is 0 Å². The lowest BCUT2D eigenvalue weighted by Crippen LogP contribution is -2.58. The van der Waals surface area contributed by atoms with E-state index in [0.717, 1.165) is 68.9 Å². The third-order valence-electron chi connectivity index (χ3n) is 16.0. The molecule has 2 N–H and O–H groups in total. The normalized spacial score (nSPS) is 24.9. The van der Waals surface area contributed by atoms with E-state index in [2.05, 4.69) is 72.8 Å². The summed E-state index contributed by atoms with van der Waals surface area (Å²) in [5.41, 5.74) is 6.55. The Labute approximate surface area is 406 Å². The van der Waals surface area contributed by atoms with Crippen LogP contribution in [0.4, 0.5) is 0 Å². The Balaban J connectivity index is 1.17. The highest BCUT2D eigenvalue weighted by atomic mass is 16.6. The first kappa shape index (κ1) is 48.5. The summed E-state index contributed by atoms with van der Waals surface area (Å²) in [4.78, 5) is 44.4. The molecule has 4 aromatic carbocycles. The summed E-state index contributed by atoms with van der Waals surface area (Å²) in [6, 6.07) is 31.7. The molecule has 10 heteroatoms. The highest BCUT2D eigenvalue weighted by Gasteiger charge is 2.57. The lowest BCUT2D eigenvalue weighted by atomic mass is 9.68. The van der Waals surface area contributed by atoms with Crippen molar-refractivity contribution in [1.82, 2.24) is 0 Å². The van der Waals surface area contributed by atoms with Crippen molar-refractivity contribution in [2.75, 3.05) is 20.3 Å². The Hall–Kier alpha value is -5.55. The maximum atomic E-state index is 15.2. The van der Waals surface area contributed by atoms with Crippen molar-refractivity contribution in [3.63, 3.8) is 0 Å². The van der Waals surface area contributed by atoms with Crippen molar-refractivity contribution in [3.05, 3.63) is 157 Å². The quantitative estimate of drug-likeness (QED) is 0.0789. The van der Waals surface area contributed by atoms with E-state index in [1.165, 1.54) is 29.4 Å². The average Bonchev–Trinajstić information content (AvgIpc) is 3.35. The van der Waals surface area contributed by atoms with Crippen molar-refractivity contribution in [2.45, 2.75) is 146 Å². The fraction of sp³-hybridized carbons (Fsp3) is 0.475. The summed E-state index contributed by atoms with van der Waals surface area (Å²) in [6.45, 7) is 5.23. The summed E-state index contributed by atoms with van der Waals surface area (Å²) >= 11 is 0. The van der Waals surface area contributed by atoms with Crippen LogP contribution in [0.2, 0.25) is 0 Å². The zero-order chi connectivity index (χ0) is 48.2. The number of fused-ring (bicyclic) bond motifs is 11. The molecule has 0 spiro atoms. The van der Waals surface area contributed by atoms with Crippen LogP contribution in [0.15, 0.2) is 111 Å². The number of hydrogen-bond acceptors (Lipinski definition) is 10. The zero-order valence-electron chi connectivity index (χ0n) is 40.7. The second-order valence-electron chi connectivity index (χ2n) is 20.5. The minimum atomic E-state index is -1.23. The van der Waals surface area contributed by atoms with Gasteiger partial charge in [0.25, 0.3) is 0 Å². The molecule has 3 aliphatic heterocycles. The molecule has 5 aromatic rings. The number of esters is 2. The van der Waals surface area contributed by atoms with E-state index < -0.39 is 47.9 Å². The number of aliphatic hydroxyl groups is 2. The third kappa shape index (κ3) is 10.1. The van der Waals surface area contributed by atoms with Crippen molar-refractivity contribution in [3.8, 4) is 5.75 Å². The first-order valence-electron chi connectivity index (χ1n) is 25.3. The van der Waals surface area contributed by atoms with Crippen LogP contribution in [0.3, 0.4) is 0 Å². The largest absolute Gasteiger partial charge is 0.483 e. The molecular weight excluding hydrogens is 869 g/mol. The Morgan fingerprint density at radius 3 is 2.32 bits per heavy atom. The molecule has 10 rings (SSSR count). The molecule has 1 aromatic heterocycles. The summed E-state index contributed by atoms with van der Waals surface area (Å²) in [7, 11) is 1.52. The Bertz CT molecular complexity index is 2700. The maximum Gasteiger partial charge on any atom is 0.340 e. The molecule has 69 heavy (non-hydrogen) atoms. The minimum Gasteiger partial charge on any atom is -0.483 e. The average molecular weight is 937 g/mol. The summed E-state index contributed by atoms with van der Waals surface area (Å²) in [5.74, 6) is -0.939. The van der Waals surface area contributed by atoms with Gasteiger partial charge in [0.2, 0.25) is 0 Å². The monoisotopic (exact) mass is 936 g/mol. The van der Waals surface area contributed by atoms with Crippen LogP contribution in [0.5, 0.6) is 5.75 Å². The van der Waals surface area contributed by atoms with Crippen LogP contribution in [0.1, 0.15) is 160 Å². The molecule has 2 bridgehead atoms. The molecule has 364 valence electrons. The molecule has 0 amide bonds. The van der Waals surface area contributed by atoms with E-state index >= 15 is 4.79 Å². The molecule has 4 heterocycles. The number of aryl methyl sites for hydroxylation is 1. The number of rotatable bonds is 10. The van der Waals surface area contributed by atoms with E-state index in [-0.39, 0.29) is 60.9 Å². The predicted molar refractivity (Wildman–Crippen MR) is 265 cm³/mol. The van der Waals surface area contributed by atoms with Gasteiger partial charge in [-0.2, -0.15) is 0 Å². The smallest absolute Gasteiger partial charge is 0.340 e. The van der Waals surface area contributed by atoms with Crippen molar-refractivity contribution in [1.29, 1.82) is 0 Å². The minimum absolute atomic E-state index is 0.0513. The first-order valence-corrected chi connectivity index (χ1v) is 25.3. The lowest BCUT2D eigenvalue weighted by molar-refractivity contribution is -0.201. The highest BCUT2D eigenvalue weighted by molar-refractivity contribution is 5.90. The summed E-state index contributed by atoms with van der Waals surface area (Å²) < 4.78 is 32.6. The standard InChI is InChI=1S/C59H68O10/c1-36(2)46-24-20-37-18-21-40(22-19-37)47-25-23-42(41-15-11-14-39(31-41)30-38-12-7-5-8-13-38)32-44(47)33-51(62)66-55-53-50(69-59(3,56(55)68-57(46)63)45-16-9-6-10-17-45)27-26-48-49(34-61)52(58(64)67-54(48)53)43(28-29-60)35-65-4/h5,7-8,11-15,18-19,21-22,26-27,31,42-45,47,55-56,60-61H,6,9-10,16-17,20,23-25,28-30,32-35H2,1-4H3. The molecular formula is C59H68O10. The van der Waals surface area contributed by atoms with Gasteiger partial charge in [-0.05, 0) is 142 Å². The van der Waals surface area contributed by atoms with Gasteiger partial charge in [0.1, 0.15) is 16.9 Å². The van der Waals surface area contributed by atoms with Gasteiger partial charge in [-0.25, -0.2) is 9.59 Å². The Morgan fingerprint density at radius 1 is 0.826 bits per heavy atom. The number of aliphatic hydroxyl groups excluding tert-OH is 2. The lowest BCUT2D eigenvalue weighted by Gasteiger charge is -2.50. The van der Waals surface area contributed by atoms with Crippen molar-refractivity contribution < 1.29 is 43.2 Å². The van der Waals surface area contributed by atoms with Crippen LogP contribution in [-0.4, -0.2) is 54.2 Å². The molecule has 2 aliphatic carbocycles. The van der Waals surface area contributed by atoms with E-state index in [1.54, 1.807) is 12.1 Å². The van der Waals surface area contributed by atoms with Gasteiger partial charge in [0, 0.05) is 48.5 Å². The fourth-order valence-electron chi connectivity index (χ4n) is 12.4. The zero-order valence-corrected chi connectivity index (χ0v) is 40.7. The second-order valence-corrected chi connectivity index (χ2v) is 20.5. The van der Waals surface area contributed by atoms with E-state index in [0.29, 0.717) is 40.7 Å². The summed E-state index contributed by atoms with van der Waals surface area (Å²) in [6.07, 6.45) is 7.23. The van der Waals surface area contributed by atoms with E-state index in [1.807, 2.05) is 26.8 Å².